The predicted molar refractivity (Wildman–Crippen MR) is 71.9 cm³/mol. The summed E-state index contributed by atoms with van der Waals surface area (Å²) in [5.41, 5.74) is 2.12. The van der Waals surface area contributed by atoms with Gasteiger partial charge in [-0.05, 0) is 25.8 Å². The Morgan fingerprint density at radius 3 is 2.41 bits per heavy atom. The van der Waals surface area contributed by atoms with E-state index >= 15 is 0 Å². The largest absolute Gasteiger partial charge is 0.212 e. The molecule has 0 heterocycles. The van der Waals surface area contributed by atoms with Crippen LogP contribution < -0.4 is 4.72 Å². The summed E-state index contributed by atoms with van der Waals surface area (Å²) < 4.78 is 26.0. The molecule has 1 aromatic carbocycles. The molecule has 17 heavy (non-hydrogen) atoms. The number of hydrogen-bond acceptors (Lipinski definition) is 2. The van der Waals surface area contributed by atoms with Gasteiger partial charge in [0.25, 0.3) is 0 Å². The van der Waals surface area contributed by atoms with Crippen molar-refractivity contribution in [2.45, 2.75) is 26.3 Å². The number of alkyl halides is 1. The van der Waals surface area contributed by atoms with E-state index in [1.807, 2.05) is 38.1 Å². The SMILES string of the molecule is Cc1ccc(C(C)NS(=O)(=O)CCCCl)cc1. The molecule has 1 atom stereocenters. The summed E-state index contributed by atoms with van der Waals surface area (Å²) in [6.45, 7) is 3.84. The van der Waals surface area contributed by atoms with E-state index in [-0.39, 0.29) is 11.8 Å². The molecule has 1 unspecified atom stereocenters. The standard InChI is InChI=1S/C12H18ClNO2S/c1-10-4-6-12(7-5-10)11(2)14-17(15,16)9-3-8-13/h4-7,11,14H,3,8-9H2,1-2H3. The van der Waals surface area contributed by atoms with Crippen LogP contribution in [0.15, 0.2) is 24.3 Å². The van der Waals surface area contributed by atoms with Gasteiger partial charge < -0.3 is 0 Å². The van der Waals surface area contributed by atoms with Crippen LogP contribution in [0.25, 0.3) is 0 Å². The summed E-state index contributed by atoms with van der Waals surface area (Å²) in [5, 5.41) is 0. The fourth-order valence-corrected chi connectivity index (χ4v) is 3.11. The van der Waals surface area contributed by atoms with Crippen LogP contribution in [0, 0.1) is 6.92 Å². The summed E-state index contributed by atoms with van der Waals surface area (Å²) in [5.74, 6) is 0.437. The Kier molecular flexibility index (Phi) is 5.43. The third kappa shape index (κ3) is 5.06. The first-order chi connectivity index (χ1) is 7.94. The smallest absolute Gasteiger partial charge is 0.212 e. The van der Waals surface area contributed by atoms with Crippen molar-refractivity contribution in [2.24, 2.45) is 0 Å². The molecule has 96 valence electrons. The van der Waals surface area contributed by atoms with Crippen molar-refractivity contribution in [3.05, 3.63) is 35.4 Å². The van der Waals surface area contributed by atoms with Crippen molar-refractivity contribution in [2.75, 3.05) is 11.6 Å². The van der Waals surface area contributed by atoms with Crippen molar-refractivity contribution in [3.63, 3.8) is 0 Å². The molecule has 0 aliphatic rings. The van der Waals surface area contributed by atoms with Gasteiger partial charge in [0.2, 0.25) is 10.0 Å². The maximum Gasteiger partial charge on any atom is 0.212 e. The van der Waals surface area contributed by atoms with Crippen molar-refractivity contribution >= 4 is 21.6 Å². The van der Waals surface area contributed by atoms with Gasteiger partial charge in [0, 0.05) is 11.9 Å². The lowest BCUT2D eigenvalue weighted by atomic mass is 10.1. The lowest BCUT2D eigenvalue weighted by Crippen LogP contribution is -2.29. The summed E-state index contributed by atoms with van der Waals surface area (Å²) >= 11 is 5.49. The number of rotatable bonds is 6. The normalized spacial score (nSPS) is 13.6. The maximum absolute atomic E-state index is 11.7. The molecule has 1 rings (SSSR count). The van der Waals surface area contributed by atoms with E-state index in [1.54, 1.807) is 0 Å². The summed E-state index contributed by atoms with van der Waals surface area (Å²) in [6.07, 6.45) is 0.470. The monoisotopic (exact) mass is 275 g/mol. The first kappa shape index (κ1) is 14.5. The van der Waals surface area contributed by atoms with Crippen LogP contribution in [0.3, 0.4) is 0 Å². The van der Waals surface area contributed by atoms with E-state index in [2.05, 4.69) is 4.72 Å². The minimum atomic E-state index is -3.24. The molecule has 0 amide bonds. The lowest BCUT2D eigenvalue weighted by molar-refractivity contribution is 0.566. The van der Waals surface area contributed by atoms with Gasteiger partial charge in [-0.3, -0.25) is 0 Å². The molecule has 0 radical (unpaired) electrons. The predicted octanol–water partition coefficient (Wildman–Crippen LogP) is 2.60. The van der Waals surface area contributed by atoms with Crippen LogP contribution in [0.1, 0.15) is 30.5 Å². The van der Waals surface area contributed by atoms with Crippen molar-refractivity contribution in [1.82, 2.24) is 4.72 Å². The van der Waals surface area contributed by atoms with Crippen molar-refractivity contribution in [1.29, 1.82) is 0 Å². The van der Waals surface area contributed by atoms with E-state index in [0.29, 0.717) is 12.3 Å². The fraction of sp³-hybridized carbons (Fsp3) is 0.500. The Morgan fingerprint density at radius 2 is 1.88 bits per heavy atom. The molecular weight excluding hydrogens is 258 g/mol. The second kappa shape index (κ2) is 6.38. The highest BCUT2D eigenvalue weighted by Gasteiger charge is 2.14. The van der Waals surface area contributed by atoms with Gasteiger partial charge in [0.05, 0.1) is 5.75 Å². The number of nitrogens with one attached hydrogen (secondary N) is 1. The molecular formula is C12H18ClNO2S. The van der Waals surface area contributed by atoms with Gasteiger partial charge in [0.15, 0.2) is 0 Å². The third-order valence-corrected chi connectivity index (χ3v) is 4.29. The highest BCUT2D eigenvalue weighted by molar-refractivity contribution is 7.89. The fourth-order valence-electron chi connectivity index (χ4n) is 1.50. The Balaban J connectivity index is 2.65. The van der Waals surface area contributed by atoms with Crippen LogP contribution in [-0.4, -0.2) is 20.1 Å². The number of sulfonamides is 1. The molecule has 5 heteroatoms. The molecule has 0 saturated carbocycles. The Labute approximate surface area is 108 Å². The summed E-state index contributed by atoms with van der Waals surface area (Å²) in [4.78, 5) is 0. The molecule has 0 aliphatic heterocycles. The van der Waals surface area contributed by atoms with Gasteiger partial charge in [-0.15, -0.1) is 11.6 Å². The van der Waals surface area contributed by atoms with Crippen molar-refractivity contribution in [3.8, 4) is 0 Å². The average molecular weight is 276 g/mol. The van der Waals surface area contributed by atoms with Crippen LogP contribution >= 0.6 is 11.6 Å². The Morgan fingerprint density at radius 1 is 1.29 bits per heavy atom. The van der Waals surface area contributed by atoms with Gasteiger partial charge in [-0.25, -0.2) is 13.1 Å². The zero-order valence-electron chi connectivity index (χ0n) is 10.1. The first-order valence-corrected chi connectivity index (χ1v) is 7.76. The minimum absolute atomic E-state index is 0.0761. The zero-order valence-corrected chi connectivity index (χ0v) is 11.7. The Bertz CT molecular complexity index is 442. The number of halogens is 1. The number of benzene rings is 1. The lowest BCUT2D eigenvalue weighted by Gasteiger charge is -2.14. The molecule has 0 aliphatic carbocycles. The quantitative estimate of drug-likeness (QED) is 0.811. The third-order valence-electron chi connectivity index (χ3n) is 2.48. The second-order valence-electron chi connectivity index (χ2n) is 4.11. The van der Waals surface area contributed by atoms with E-state index < -0.39 is 10.0 Å². The van der Waals surface area contributed by atoms with E-state index in [9.17, 15) is 8.42 Å². The van der Waals surface area contributed by atoms with Crippen LogP contribution in [-0.2, 0) is 10.0 Å². The molecule has 1 N–H and O–H groups in total. The maximum atomic E-state index is 11.7. The first-order valence-electron chi connectivity index (χ1n) is 5.57. The van der Waals surface area contributed by atoms with Crippen molar-refractivity contribution < 1.29 is 8.42 Å². The van der Waals surface area contributed by atoms with Crippen LogP contribution in [0.2, 0.25) is 0 Å². The topological polar surface area (TPSA) is 46.2 Å². The molecule has 0 spiro atoms. The molecule has 1 aromatic rings. The second-order valence-corrected chi connectivity index (χ2v) is 6.36. The average Bonchev–Trinajstić information content (AvgIpc) is 2.26. The van der Waals surface area contributed by atoms with E-state index in [1.165, 1.54) is 0 Å². The number of hydrogen-bond donors (Lipinski definition) is 1. The highest BCUT2D eigenvalue weighted by Crippen LogP contribution is 2.14. The minimum Gasteiger partial charge on any atom is -0.212 e. The zero-order chi connectivity index (χ0) is 12.9. The summed E-state index contributed by atoms with van der Waals surface area (Å²) in [7, 11) is -3.24. The van der Waals surface area contributed by atoms with E-state index in [0.717, 1.165) is 11.1 Å². The Hall–Kier alpha value is -0.580. The number of aryl methyl sites for hydroxylation is 1. The van der Waals surface area contributed by atoms with E-state index in [4.69, 9.17) is 11.6 Å². The molecule has 0 bridgehead atoms. The molecule has 0 aromatic heterocycles. The van der Waals surface area contributed by atoms with Crippen LogP contribution in [0.4, 0.5) is 0 Å². The molecule has 3 nitrogen and oxygen atoms in total. The van der Waals surface area contributed by atoms with Gasteiger partial charge in [0.1, 0.15) is 0 Å². The molecule has 0 saturated heterocycles. The van der Waals surface area contributed by atoms with Crippen LogP contribution in [0.5, 0.6) is 0 Å². The highest BCUT2D eigenvalue weighted by atomic mass is 35.5. The van der Waals surface area contributed by atoms with Gasteiger partial charge in [-0.1, -0.05) is 29.8 Å². The van der Waals surface area contributed by atoms with Gasteiger partial charge >= 0.3 is 0 Å². The summed E-state index contributed by atoms with van der Waals surface area (Å²) in [6, 6.07) is 7.60. The van der Waals surface area contributed by atoms with Gasteiger partial charge in [-0.2, -0.15) is 0 Å². The molecule has 0 fully saturated rings.